The second kappa shape index (κ2) is 5.82. The van der Waals surface area contributed by atoms with Crippen molar-refractivity contribution in [2.75, 3.05) is 11.9 Å². The van der Waals surface area contributed by atoms with Crippen molar-refractivity contribution in [2.45, 2.75) is 44.7 Å². The molecule has 82 valence electrons. The van der Waals surface area contributed by atoms with Gasteiger partial charge in [-0.3, -0.25) is 0 Å². The maximum absolute atomic E-state index is 3.54. The topological polar surface area (TPSA) is 3.24 Å². The summed E-state index contributed by atoms with van der Waals surface area (Å²) in [5.41, 5.74) is 0. The van der Waals surface area contributed by atoms with Crippen LogP contribution in [0, 0.1) is 0 Å². The molecule has 0 aliphatic carbocycles. The summed E-state index contributed by atoms with van der Waals surface area (Å²) in [6.07, 6.45) is 1.33. The summed E-state index contributed by atoms with van der Waals surface area (Å²) in [5, 5.41) is 1.17. The third kappa shape index (κ3) is 3.59. The quantitative estimate of drug-likeness (QED) is 0.572. The molecule has 0 saturated carbocycles. The number of rotatable bonds is 3. The van der Waals surface area contributed by atoms with E-state index in [0.717, 1.165) is 0 Å². The highest BCUT2D eigenvalue weighted by atomic mass is 79.9. The molecular formula is C9H24BrMgNSi2. The van der Waals surface area contributed by atoms with Gasteiger partial charge >= 0.3 is 23.1 Å². The first kappa shape index (κ1) is 15.6. The maximum atomic E-state index is 3.54. The van der Waals surface area contributed by atoms with Crippen molar-refractivity contribution in [3.05, 3.63) is 0 Å². The molecule has 0 unspecified atom stereocenters. The molecule has 0 bridgehead atoms. The largest absolute Gasteiger partial charge is 0.345 e. The van der Waals surface area contributed by atoms with Crippen molar-refractivity contribution in [3.63, 3.8) is 0 Å². The Kier molecular flexibility index (Phi) is 6.50. The number of halogens is 1. The van der Waals surface area contributed by atoms with Crippen LogP contribution in [0.5, 0.6) is 0 Å². The van der Waals surface area contributed by atoms with Gasteiger partial charge in [0.15, 0.2) is 0 Å². The smallest absolute Gasteiger partial charge is 0.316 e. The zero-order chi connectivity index (χ0) is 10.1. The average Bonchev–Trinajstić information content (AvgIpc) is 2.20. The van der Waals surface area contributed by atoms with E-state index in [0.29, 0.717) is 0 Å². The molecule has 0 spiro atoms. The van der Waals surface area contributed by atoms with Gasteiger partial charge < -0.3 is 4.23 Å². The summed E-state index contributed by atoms with van der Waals surface area (Å²) >= 11 is 3.54. The monoisotopic (exact) mass is 305 g/mol. The second-order valence-electron chi connectivity index (χ2n) is 5.32. The van der Waals surface area contributed by atoms with Crippen LogP contribution in [0.25, 0.3) is 0 Å². The van der Waals surface area contributed by atoms with Gasteiger partial charge in [0.2, 0.25) is 0 Å². The minimum atomic E-state index is -0.968. The van der Waals surface area contributed by atoms with E-state index in [1.807, 2.05) is 0 Å². The van der Waals surface area contributed by atoms with Crippen LogP contribution in [0.4, 0.5) is 0 Å². The van der Waals surface area contributed by atoms with E-state index in [-0.39, 0.29) is 23.1 Å². The number of alkyl halides is 1. The van der Waals surface area contributed by atoms with Crippen LogP contribution >= 0.6 is 15.9 Å². The Balaban J connectivity index is 0.00000169. The molecule has 1 heterocycles. The van der Waals surface area contributed by atoms with Crippen LogP contribution in [0.1, 0.15) is 6.42 Å². The summed E-state index contributed by atoms with van der Waals surface area (Å²) in [4.78, 5) is 0. The molecule has 1 aliphatic heterocycles. The molecule has 1 fully saturated rings. The molecular weight excluding hydrogens is 282 g/mol. The Labute approximate surface area is 115 Å². The van der Waals surface area contributed by atoms with Crippen LogP contribution in [0.3, 0.4) is 0 Å². The van der Waals surface area contributed by atoms with Crippen molar-refractivity contribution >= 4 is 55.5 Å². The molecule has 0 aromatic heterocycles. The maximum Gasteiger partial charge on any atom is 0.316 e. The number of hydrogen-bond donors (Lipinski definition) is 0. The lowest BCUT2D eigenvalue weighted by molar-refractivity contribution is 0.616. The van der Waals surface area contributed by atoms with E-state index >= 15 is 0 Å². The lowest BCUT2D eigenvalue weighted by atomic mass is 10.5. The van der Waals surface area contributed by atoms with Crippen LogP contribution in [0.15, 0.2) is 0 Å². The molecule has 1 saturated heterocycles. The van der Waals surface area contributed by atoms with Crippen LogP contribution in [-0.4, -0.2) is 55.6 Å². The van der Waals surface area contributed by atoms with E-state index in [1.54, 1.807) is 0 Å². The summed E-state index contributed by atoms with van der Waals surface area (Å²) in [6.45, 7) is 11.5. The van der Waals surface area contributed by atoms with Gasteiger partial charge in [0.05, 0.1) is 0 Å². The first-order valence-corrected chi connectivity index (χ1v) is 12.7. The van der Waals surface area contributed by atoms with Gasteiger partial charge in [-0.2, -0.15) is 0 Å². The molecule has 0 amide bonds. The molecule has 5 heteroatoms. The fraction of sp³-hybridized carbons (Fsp3) is 1.00. The second-order valence-corrected chi connectivity index (χ2v) is 15.9. The first-order chi connectivity index (χ1) is 5.90. The third-order valence-corrected chi connectivity index (χ3v) is 14.3. The van der Waals surface area contributed by atoms with Gasteiger partial charge in [0, 0.05) is 5.33 Å². The van der Waals surface area contributed by atoms with E-state index in [1.165, 1.54) is 30.4 Å². The van der Waals surface area contributed by atoms with Crippen molar-refractivity contribution in [3.8, 4) is 0 Å². The molecule has 1 nitrogen and oxygen atoms in total. The molecule has 0 N–H and O–H groups in total. The lowest BCUT2D eigenvalue weighted by Gasteiger charge is -2.38. The minimum Gasteiger partial charge on any atom is -0.345 e. The molecule has 1 rings (SSSR count). The van der Waals surface area contributed by atoms with E-state index in [2.05, 4.69) is 46.3 Å². The van der Waals surface area contributed by atoms with Crippen LogP contribution in [0.2, 0.25) is 38.3 Å². The van der Waals surface area contributed by atoms with E-state index in [9.17, 15) is 0 Å². The fourth-order valence-corrected chi connectivity index (χ4v) is 17.0. The highest BCUT2D eigenvalue weighted by molar-refractivity contribution is 9.09. The van der Waals surface area contributed by atoms with Gasteiger partial charge in [-0.25, -0.2) is 0 Å². The van der Waals surface area contributed by atoms with Crippen LogP contribution in [-0.2, 0) is 0 Å². The fourth-order valence-electron chi connectivity index (χ4n) is 2.52. The Morgan fingerprint density at radius 1 is 1.07 bits per heavy atom. The van der Waals surface area contributed by atoms with Gasteiger partial charge in [0.25, 0.3) is 0 Å². The molecule has 0 radical (unpaired) electrons. The molecule has 14 heavy (non-hydrogen) atoms. The standard InChI is InChI=1S/C9H22BrNSi2.Mg.2H/c1-12(2)8-9-13(3,4)11(12)7-5-6-10;;;/h5-9H2,1-4H3;;;. The van der Waals surface area contributed by atoms with E-state index in [4.69, 9.17) is 0 Å². The van der Waals surface area contributed by atoms with Crippen molar-refractivity contribution < 1.29 is 0 Å². The van der Waals surface area contributed by atoms with Crippen molar-refractivity contribution in [1.82, 2.24) is 4.23 Å². The molecule has 0 aromatic carbocycles. The first-order valence-electron chi connectivity index (χ1n) is 5.24. The molecule has 1 aliphatic rings. The van der Waals surface area contributed by atoms with Crippen LogP contribution < -0.4 is 0 Å². The summed E-state index contributed by atoms with van der Waals surface area (Å²) < 4.78 is 2.95. The summed E-state index contributed by atoms with van der Waals surface area (Å²) in [6, 6.07) is 3.07. The Bertz CT molecular complexity index is 172. The number of nitrogens with zero attached hydrogens (tertiary/aromatic N) is 1. The lowest BCUT2D eigenvalue weighted by Crippen LogP contribution is -2.55. The van der Waals surface area contributed by atoms with Crippen molar-refractivity contribution in [2.24, 2.45) is 0 Å². The summed E-state index contributed by atoms with van der Waals surface area (Å²) in [5.74, 6) is 0. The predicted octanol–water partition coefficient (Wildman–Crippen LogP) is 2.58. The predicted molar refractivity (Wildman–Crippen MR) is 78.2 cm³/mol. The van der Waals surface area contributed by atoms with Gasteiger partial charge in [0.1, 0.15) is 16.5 Å². The van der Waals surface area contributed by atoms with E-state index < -0.39 is 16.5 Å². The Morgan fingerprint density at radius 3 is 1.86 bits per heavy atom. The normalized spacial score (nSPS) is 24.6. The molecule has 0 atom stereocenters. The zero-order valence-electron chi connectivity index (χ0n) is 9.36. The third-order valence-electron chi connectivity index (χ3n) is 3.33. The Hall–Kier alpha value is 1.64. The zero-order valence-corrected chi connectivity index (χ0v) is 12.9. The Morgan fingerprint density at radius 2 is 1.50 bits per heavy atom. The van der Waals surface area contributed by atoms with Gasteiger partial charge in [-0.05, 0) is 25.1 Å². The minimum absolute atomic E-state index is 0. The SMILES string of the molecule is C[Si]1(C)CC[Si](C)(C)N1CCCBr.[MgH2]. The van der Waals surface area contributed by atoms with Crippen molar-refractivity contribution in [1.29, 1.82) is 0 Å². The molecule has 0 aromatic rings. The highest BCUT2D eigenvalue weighted by Crippen LogP contribution is 2.36. The average molecular weight is 307 g/mol. The van der Waals surface area contributed by atoms with Gasteiger partial charge in [-0.15, -0.1) is 0 Å². The number of hydrogen-bond acceptors (Lipinski definition) is 1. The summed E-state index contributed by atoms with van der Waals surface area (Å²) in [7, 11) is -1.94. The van der Waals surface area contributed by atoms with Gasteiger partial charge in [-0.1, -0.05) is 42.1 Å². The highest BCUT2D eigenvalue weighted by Gasteiger charge is 2.46.